The fourth-order valence-electron chi connectivity index (χ4n) is 3.25. The van der Waals surface area contributed by atoms with Gasteiger partial charge in [-0.1, -0.05) is 18.2 Å². The molecule has 2 aliphatic rings. The number of rotatable bonds is 3. The first-order valence-corrected chi connectivity index (χ1v) is 9.89. The minimum absolute atomic E-state index is 0.0614. The summed E-state index contributed by atoms with van der Waals surface area (Å²) in [6, 6.07) is 6.89. The number of hydrogen-bond donors (Lipinski definition) is 2. The van der Waals surface area contributed by atoms with Gasteiger partial charge in [0.25, 0.3) is 0 Å². The van der Waals surface area contributed by atoms with Gasteiger partial charge in [0.05, 0.1) is 18.1 Å². The van der Waals surface area contributed by atoms with Crippen molar-refractivity contribution in [2.45, 2.75) is 25.3 Å². The van der Waals surface area contributed by atoms with Gasteiger partial charge in [-0.2, -0.15) is 0 Å². The molecule has 7 nitrogen and oxygen atoms in total. The molecule has 130 valence electrons. The molecule has 2 aliphatic heterocycles. The maximum atomic E-state index is 12.1. The third kappa shape index (κ3) is 4.05. The number of aryl methyl sites for hydroxylation is 1. The molecule has 0 unspecified atom stereocenters. The van der Waals surface area contributed by atoms with Gasteiger partial charge in [-0.3, -0.25) is 10.1 Å². The molecule has 0 aliphatic carbocycles. The molecule has 2 heterocycles. The molecule has 1 aromatic carbocycles. The first-order valence-electron chi connectivity index (χ1n) is 8.06. The molecule has 0 aromatic heterocycles. The fourth-order valence-corrected chi connectivity index (χ4v) is 4.92. The van der Waals surface area contributed by atoms with Crippen molar-refractivity contribution in [2.24, 2.45) is 0 Å². The minimum Gasteiger partial charge on any atom is -0.362 e. The summed E-state index contributed by atoms with van der Waals surface area (Å²) in [7, 11) is -3.06. The third-order valence-corrected chi connectivity index (χ3v) is 6.13. The number of amides is 3. The van der Waals surface area contributed by atoms with E-state index in [1.54, 1.807) is 0 Å². The largest absolute Gasteiger partial charge is 0.362 e. The van der Waals surface area contributed by atoms with Crippen molar-refractivity contribution in [3.63, 3.8) is 0 Å². The monoisotopic (exact) mass is 351 g/mol. The van der Waals surface area contributed by atoms with Crippen molar-refractivity contribution in [3.8, 4) is 0 Å². The number of anilines is 1. The van der Waals surface area contributed by atoms with E-state index in [2.05, 4.69) is 10.6 Å². The number of carbonyl (C=O) groups excluding carboxylic acids is 2. The van der Waals surface area contributed by atoms with Crippen LogP contribution in [0.1, 0.15) is 18.4 Å². The summed E-state index contributed by atoms with van der Waals surface area (Å²) in [5, 5.41) is 4.84. The van der Waals surface area contributed by atoms with E-state index in [9.17, 15) is 18.0 Å². The minimum atomic E-state index is -3.06. The van der Waals surface area contributed by atoms with Crippen LogP contribution in [-0.4, -0.2) is 51.0 Å². The number of carbonyl (C=O) groups is 2. The first-order chi connectivity index (χ1) is 11.4. The van der Waals surface area contributed by atoms with Gasteiger partial charge in [-0.15, -0.1) is 0 Å². The van der Waals surface area contributed by atoms with Gasteiger partial charge in [0.1, 0.15) is 0 Å². The van der Waals surface area contributed by atoms with E-state index in [1.165, 1.54) is 5.56 Å². The Balaban J connectivity index is 1.52. The third-order valence-electron chi connectivity index (χ3n) is 4.36. The highest BCUT2D eigenvalue weighted by atomic mass is 32.2. The molecule has 0 radical (unpaired) electrons. The number of nitrogens with one attached hydrogen (secondary N) is 2. The zero-order valence-corrected chi connectivity index (χ0v) is 14.1. The smallest absolute Gasteiger partial charge is 0.321 e. The van der Waals surface area contributed by atoms with Crippen LogP contribution in [0, 0.1) is 0 Å². The summed E-state index contributed by atoms with van der Waals surface area (Å²) < 4.78 is 22.8. The van der Waals surface area contributed by atoms with Crippen LogP contribution in [-0.2, 0) is 21.1 Å². The summed E-state index contributed by atoms with van der Waals surface area (Å²) in [5.74, 6) is -0.380. The average molecular weight is 351 g/mol. The number of fused-ring (bicyclic) bond motifs is 1. The Kier molecular flexibility index (Phi) is 4.75. The molecule has 1 saturated heterocycles. The number of urea groups is 1. The molecule has 1 atom stereocenters. The van der Waals surface area contributed by atoms with E-state index in [0.29, 0.717) is 6.42 Å². The van der Waals surface area contributed by atoms with E-state index in [4.69, 9.17) is 0 Å². The Morgan fingerprint density at radius 3 is 2.79 bits per heavy atom. The quantitative estimate of drug-likeness (QED) is 0.824. The van der Waals surface area contributed by atoms with E-state index in [1.807, 2.05) is 29.2 Å². The van der Waals surface area contributed by atoms with Crippen LogP contribution < -0.4 is 15.5 Å². The van der Waals surface area contributed by atoms with Gasteiger partial charge in [-0.05, 0) is 30.9 Å². The summed E-state index contributed by atoms with van der Waals surface area (Å²) in [6.07, 6.45) is 2.35. The second kappa shape index (κ2) is 6.80. The second-order valence-corrected chi connectivity index (χ2v) is 8.50. The summed E-state index contributed by atoms with van der Waals surface area (Å²) in [6.45, 7) is 0.875. The van der Waals surface area contributed by atoms with Gasteiger partial charge < -0.3 is 10.2 Å². The van der Waals surface area contributed by atoms with Gasteiger partial charge in [-0.25, -0.2) is 13.2 Å². The Morgan fingerprint density at radius 1 is 1.25 bits per heavy atom. The second-order valence-electron chi connectivity index (χ2n) is 6.28. The van der Waals surface area contributed by atoms with Crippen molar-refractivity contribution in [2.75, 3.05) is 29.5 Å². The zero-order valence-electron chi connectivity index (χ0n) is 13.3. The highest BCUT2D eigenvalue weighted by Gasteiger charge is 2.29. The molecule has 8 heteroatoms. The molecule has 1 fully saturated rings. The van der Waals surface area contributed by atoms with Gasteiger partial charge >= 0.3 is 6.03 Å². The summed E-state index contributed by atoms with van der Waals surface area (Å²) >= 11 is 0. The van der Waals surface area contributed by atoms with Crippen molar-refractivity contribution in [1.29, 1.82) is 0 Å². The Morgan fingerprint density at radius 2 is 2.04 bits per heavy atom. The highest BCUT2D eigenvalue weighted by Crippen LogP contribution is 2.26. The zero-order chi connectivity index (χ0) is 17.2. The molecule has 0 spiro atoms. The topological polar surface area (TPSA) is 95.6 Å². The van der Waals surface area contributed by atoms with Crippen LogP contribution in [0.3, 0.4) is 0 Å². The molecular formula is C16H21N3O4S. The molecule has 2 N–H and O–H groups in total. The number of imide groups is 1. The van der Waals surface area contributed by atoms with E-state index in [-0.39, 0.29) is 18.1 Å². The molecule has 1 aromatic rings. The standard InChI is InChI=1S/C16H21N3O4S/c20-15(18-16(21)17-13-7-9-24(22,23)11-13)10-19-8-3-5-12-4-1-2-6-14(12)19/h1-2,4,6,13H,3,5,7-11H2,(H2,17,18,20,21)/t13-/m1/s1. The van der Waals surface area contributed by atoms with E-state index in [0.717, 1.165) is 25.1 Å². The van der Waals surface area contributed by atoms with Crippen molar-refractivity contribution >= 4 is 27.5 Å². The van der Waals surface area contributed by atoms with Gasteiger partial charge in [0.2, 0.25) is 5.91 Å². The molecule has 0 saturated carbocycles. The molecular weight excluding hydrogens is 330 g/mol. The van der Waals surface area contributed by atoms with Crippen LogP contribution >= 0.6 is 0 Å². The Bertz CT molecular complexity index is 747. The van der Waals surface area contributed by atoms with E-state index >= 15 is 0 Å². The maximum Gasteiger partial charge on any atom is 0.321 e. The Labute approximate surface area is 141 Å². The summed E-state index contributed by atoms with van der Waals surface area (Å²) in [5.41, 5.74) is 2.23. The van der Waals surface area contributed by atoms with Gasteiger partial charge in [0.15, 0.2) is 9.84 Å². The fraction of sp³-hybridized carbons (Fsp3) is 0.500. The SMILES string of the molecule is O=C(CN1CCCc2ccccc21)NC(=O)N[C@@H]1CCS(=O)(=O)C1. The normalized spacial score (nSPS) is 21.8. The van der Waals surface area contributed by atoms with E-state index < -0.39 is 27.8 Å². The molecule has 24 heavy (non-hydrogen) atoms. The predicted octanol–water partition coefficient (Wildman–Crippen LogP) is 0.452. The van der Waals surface area contributed by atoms with Crippen LogP contribution in [0.2, 0.25) is 0 Å². The number of para-hydroxylation sites is 1. The average Bonchev–Trinajstić information content (AvgIpc) is 2.86. The summed E-state index contributed by atoms with van der Waals surface area (Å²) in [4.78, 5) is 25.9. The van der Waals surface area contributed by atoms with Gasteiger partial charge in [0, 0.05) is 18.3 Å². The lowest BCUT2D eigenvalue weighted by Gasteiger charge is -2.30. The lowest BCUT2D eigenvalue weighted by molar-refractivity contribution is -0.118. The van der Waals surface area contributed by atoms with Crippen LogP contribution in [0.5, 0.6) is 0 Å². The first kappa shape index (κ1) is 16.8. The predicted molar refractivity (Wildman–Crippen MR) is 90.7 cm³/mol. The number of hydrogen-bond acceptors (Lipinski definition) is 5. The van der Waals surface area contributed by atoms with Crippen LogP contribution in [0.4, 0.5) is 10.5 Å². The van der Waals surface area contributed by atoms with Crippen molar-refractivity contribution < 1.29 is 18.0 Å². The van der Waals surface area contributed by atoms with Crippen LogP contribution in [0.25, 0.3) is 0 Å². The lowest BCUT2D eigenvalue weighted by Crippen LogP contribution is -2.48. The van der Waals surface area contributed by atoms with Crippen molar-refractivity contribution in [3.05, 3.63) is 29.8 Å². The maximum absolute atomic E-state index is 12.1. The highest BCUT2D eigenvalue weighted by molar-refractivity contribution is 7.91. The number of sulfone groups is 1. The lowest BCUT2D eigenvalue weighted by atomic mass is 10.0. The van der Waals surface area contributed by atoms with Crippen LogP contribution in [0.15, 0.2) is 24.3 Å². The Hall–Kier alpha value is -2.09. The van der Waals surface area contributed by atoms with Crippen molar-refractivity contribution in [1.82, 2.24) is 10.6 Å². The number of benzene rings is 1. The molecule has 3 rings (SSSR count). The molecule has 3 amide bonds. The molecule has 0 bridgehead atoms. The number of nitrogens with zero attached hydrogens (tertiary/aromatic N) is 1.